The second kappa shape index (κ2) is 5.68. The lowest BCUT2D eigenvalue weighted by Gasteiger charge is -2.19. The Balaban J connectivity index is 2.17. The van der Waals surface area contributed by atoms with Gasteiger partial charge in [-0.1, -0.05) is 50.2 Å². The molecular weight excluding hydrogens is 266 g/mol. The maximum Gasteiger partial charge on any atom is 0.249 e. The molecule has 1 N–H and O–H groups in total. The molecule has 1 heterocycles. The minimum atomic E-state index is -0.451. The van der Waals surface area contributed by atoms with Crippen LogP contribution in [0, 0.1) is 12.3 Å². The first-order valence-corrected chi connectivity index (χ1v) is 6.99. The average Bonchev–Trinajstić information content (AvgIpc) is 2.87. The molecule has 0 aliphatic heterocycles. The summed E-state index contributed by atoms with van der Waals surface area (Å²) >= 11 is 0. The number of nitrogens with one attached hydrogen (secondary N) is 1. The molecule has 5 heteroatoms. The largest absolute Gasteiger partial charge is 0.344 e. The molecule has 1 atom stereocenters. The molecule has 0 saturated carbocycles. The zero-order valence-corrected chi connectivity index (χ0v) is 13.1. The summed E-state index contributed by atoms with van der Waals surface area (Å²) in [4.78, 5) is 16.4. The summed E-state index contributed by atoms with van der Waals surface area (Å²) in [5, 5.41) is 6.88. The summed E-state index contributed by atoms with van der Waals surface area (Å²) in [6, 6.07) is 7.52. The third kappa shape index (κ3) is 3.48. The lowest BCUT2D eigenvalue weighted by atomic mass is 9.95. The minimum absolute atomic E-state index is 0.0503. The summed E-state index contributed by atoms with van der Waals surface area (Å²) in [6.45, 7) is 9.42. The SMILES string of the molecule is Cc1ccccc1-c1noc([C@@H](C)NC(=O)C(C)(C)C)n1. The van der Waals surface area contributed by atoms with E-state index in [0.717, 1.165) is 11.1 Å². The third-order valence-corrected chi connectivity index (χ3v) is 3.23. The molecule has 21 heavy (non-hydrogen) atoms. The Bertz CT molecular complexity index is 641. The normalized spacial score (nSPS) is 13.0. The van der Waals surface area contributed by atoms with Crippen molar-refractivity contribution in [1.82, 2.24) is 15.5 Å². The molecule has 0 aliphatic carbocycles. The predicted octanol–water partition coefficient (Wildman–Crippen LogP) is 3.27. The van der Waals surface area contributed by atoms with Crippen LogP contribution in [0.15, 0.2) is 28.8 Å². The van der Waals surface area contributed by atoms with Crippen molar-refractivity contribution in [3.63, 3.8) is 0 Å². The molecule has 0 bridgehead atoms. The van der Waals surface area contributed by atoms with Crippen LogP contribution in [-0.2, 0) is 4.79 Å². The second-order valence-electron chi connectivity index (χ2n) is 6.22. The summed E-state index contributed by atoms with van der Waals surface area (Å²) < 4.78 is 5.27. The molecule has 0 aliphatic rings. The van der Waals surface area contributed by atoms with Crippen LogP contribution in [0.2, 0.25) is 0 Å². The number of hydrogen-bond acceptors (Lipinski definition) is 4. The van der Waals surface area contributed by atoms with E-state index in [0.29, 0.717) is 11.7 Å². The molecule has 0 spiro atoms. The van der Waals surface area contributed by atoms with E-state index in [4.69, 9.17) is 4.52 Å². The smallest absolute Gasteiger partial charge is 0.249 e. The molecule has 2 rings (SSSR count). The van der Waals surface area contributed by atoms with E-state index < -0.39 is 5.41 Å². The lowest BCUT2D eigenvalue weighted by Crippen LogP contribution is -2.36. The molecule has 1 amide bonds. The Labute approximate surface area is 124 Å². The highest BCUT2D eigenvalue weighted by Crippen LogP contribution is 2.22. The Morgan fingerprint density at radius 3 is 2.57 bits per heavy atom. The summed E-state index contributed by atoms with van der Waals surface area (Å²) in [6.07, 6.45) is 0. The molecule has 5 nitrogen and oxygen atoms in total. The monoisotopic (exact) mass is 287 g/mol. The number of aromatic nitrogens is 2. The van der Waals surface area contributed by atoms with Gasteiger partial charge in [0.05, 0.1) is 0 Å². The summed E-state index contributed by atoms with van der Waals surface area (Å²) in [5.74, 6) is 0.899. The van der Waals surface area contributed by atoms with Gasteiger partial charge >= 0.3 is 0 Å². The standard InChI is InChI=1S/C16H21N3O2/c1-10-8-6-7-9-12(10)13-18-14(21-19-13)11(2)17-15(20)16(3,4)5/h6-9,11H,1-5H3,(H,17,20)/t11-/m1/s1. The topological polar surface area (TPSA) is 68.0 Å². The van der Waals surface area contributed by atoms with Crippen molar-refractivity contribution in [2.45, 2.75) is 40.7 Å². The molecular formula is C16H21N3O2. The number of carbonyl (C=O) groups excluding carboxylic acids is 1. The first kappa shape index (κ1) is 15.2. The summed E-state index contributed by atoms with van der Waals surface area (Å²) in [5.41, 5.74) is 1.56. The molecule has 112 valence electrons. The number of hydrogen-bond donors (Lipinski definition) is 1. The number of nitrogens with zero attached hydrogens (tertiary/aromatic N) is 2. The third-order valence-electron chi connectivity index (χ3n) is 3.23. The summed E-state index contributed by atoms with van der Waals surface area (Å²) in [7, 11) is 0. The van der Waals surface area contributed by atoms with E-state index in [2.05, 4.69) is 15.5 Å². The van der Waals surface area contributed by atoms with Crippen LogP contribution in [0.5, 0.6) is 0 Å². The molecule has 0 saturated heterocycles. The average molecular weight is 287 g/mol. The van der Waals surface area contributed by atoms with E-state index in [9.17, 15) is 4.79 Å². The van der Waals surface area contributed by atoms with Crippen molar-refractivity contribution in [2.75, 3.05) is 0 Å². The number of aryl methyl sites for hydroxylation is 1. The van der Waals surface area contributed by atoms with Crippen LogP contribution < -0.4 is 5.32 Å². The Morgan fingerprint density at radius 2 is 1.95 bits per heavy atom. The van der Waals surface area contributed by atoms with Gasteiger partial charge in [-0.25, -0.2) is 0 Å². The van der Waals surface area contributed by atoms with Gasteiger partial charge in [0.2, 0.25) is 17.6 Å². The van der Waals surface area contributed by atoms with Crippen molar-refractivity contribution in [3.05, 3.63) is 35.7 Å². The van der Waals surface area contributed by atoms with Gasteiger partial charge in [-0.3, -0.25) is 4.79 Å². The van der Waals surface area contributed by atoms with Crippen LogP contribution in [0.4, 0.5) is 0 Å². The molecule has 0 unspecified atom stereocenters. The molecule has 0 radical (unpaired) electrons. The van der Waals surface area contributed by atoms with Gasteiger partial charge in [-0.2, -0.15) is 4.98 Å². The Morgan fingerprint density at radius 1 is 1.29 bits per heavy atom. The fourth-order valence-electron chi connectivity index (χ4n) is 1.82. The van der Waals surface area contributed by atoms with Crippen LogP contribution in [-0.4, -0.2) is 16.0 Å². The molecule has 0 fully saturated rings. The van der Waals surface area contributed by atoms with Crippen LogP contribution in [0.25, 0.3) is 11.4 Å². The van der Waals surface area contributed by atoms with Crippen molar-refractivity contribution in [2.24, 2.45) is 5.41 Å². The highest BCUT2D eigenvalue weighted by molar-refractivity contribution is 5.81. The van der Waals surface area contributed by atoms with Gasteiger partial charge < -0.3 is 9.84 Å². The van der Waals surface area contributed by atoms with Crippen molar-refractivity contribution in [3.8, 4) is 11.4 Å². The quantitative estimate of drug-likeness (QED) is 0.940. The first-order valence-electron chi connectivity index (χ1n) is 6.99. The van der Waals surface area contributed by atoms with E-state index in [1.54, 1.807) is 0 Å². The van der Waals surface area contributed by atoms with Gasteiger partial charge in [-0.15, -0.1) is 0 Å². The maximum atomic E-state index is 12.0. The lowest BCUT2D eigenvalue weighted by molar-refractivity contribution is -0.129. The maximum absolute atomic E-state index is 12.0. The van der Waals surface area contributed by atoms with Gasteiger partial charge in [0.15, 0.2) is 0 Å². The Kier molecular flexibility index (Phi) is 4.11. The van der Waals surface area contributed by atoms with Crippen LogP contribution >= 0.6 is 0 Å². The van der Waals surface area contributed by atoms with Gasteiger partial charge in [0.1, 0.15) is 6.04 Å². The number of carbonyl (C=O) groups is 1. The van der Waals surface area contributed by atoms with E-state index in [-0.39, 0.29) is 11.9 Å². The molecule has 1 aromatic carbocycles. The van der Waals surface area contributed by atoms with Crippen molar-refractivity contribution < 1.29 is 9.32 Å². The van der Waals surface area contributed by atoms with Crippen LogP contribution in [0.3, 0.4) is 0 Å². The minimum Gasteiger partial charge on any atom is -0.344 e. The zero-order valence-electron chi connectivity index (χ0n) is 13.1. The van der Waals surface area contributed by atoms with E-state index in [1.165, 1.54) is 0 Å². The zero-order chi connectivity index (χ0) is 15.6. The van der Waals surface area contributed by atoms with E-state index in [1.807, 2.05) is 58.9 Å². The number of benzene rings is 1. The van der Waals surface area contributed by atoms with Crippen LogP contribution in [0.1, 0.15) is 45.2 Å². The highest BCUT2D eigenvalue weighted by Gasteiger charge is 2.25. The first-order chi connectivity index (χ1) is 9.79. The number of amides is 1. The van der Waals surface area contributed by atoms with E-state index >= 15 is 0 Å². The molecule has 2 aromatic rings. The number of rotatable bonds is 3. The molecule has 1 aromatic heterocycles. The second-order valence-corrected chi connectivity index (χ2v) is 6.22. The fourth-order valence-corrected chi connectivity index (χ4v) is 1.82. The van der Waals surface area contributed by atoms with Crippen molar-refractivity contribution >= 4 is 5.91 Å². The highest BCUT2D eigenvalue weighted by atomic mass is 16.5. The van der Waals surface area contributed by atoms with Crippen molar-refractivity contribution in [1.29, 1.82) is 0 Å². The van der Waals surface area contributed by atoms with Gasteiger partial charge in [-0.05, 0) is 19.4 Å². The predicted molar refractivity (Wildman–Crippen MR) is 80.5 cm³/mol. The Hall–Kier alpha value is -2.17. The van der Waals surface area contributed by atoms with Gasteiger partial charge in [0, 0.05) is 11.0 Å². The fraction of sp³-hybridized carbons (Fsp3) is 0.438. The van der Waals surface area contributed by atoms with Gasteiger partial charge in [0.25, 0.3) is 0 Å².